The van der Waals surface area contributed by atoms with Crippen LogP contribution in [0.5, 0.6) is 0 Å². The molecule has 1 aliphatic heterocycles. The minimum Gasteiger partial charge on any atom is -0.474 e. The molecule has 0 radical (unpaired) electrons. The van der Waals surface area contributed by atoms with Gasteiger partial charge in [-0.2, -0.15) is 0 Å². The summed E-state index contributed by atoms with van der Waals surface area (Å²) >= 11 is 0. The van der Waals surface area contributed by atoms with Crippen molar-refractivity contribution in [1.82, 2.24) is 4.90 Å². The molecule has 6 nitrogen and oxygen atoms in total. The summed E-state index contributed by atoms with van der Waals surface area (Å²) in [7, 11) is 0. The standard InChI is InChI=1S/C25H33NO5/c1-23(2,3)31-22(30)17-9-7-16(8-10-17)18-11-13-25(6)15-26(20(27)21(28)29)14-12-19(25)24(18,4)5/h7-11,19H,12-15H2,1-6H3,(H,28,29)/t19-,25+/m0/s1. The van der Waals surface area contributed by atoms with Crippen LogP contribution in [0.15, 0.2) is 30.3 Å². The van der Waals surface area contributed by atoms with Gasteiger partial charge in [0.15, 0.2) is 0 Å². The third kappa shape index (κ3) is 4.53. The number of likely N-dealkylation sites (tertiary alicyclic amines) is 1. The highest BCUT2D eigenvalue weighted by Gasteiger charge is 2.51. The number of allylic oxidation sites excluding steroid dienone is 2. The lowest BCUT2D eigenvalue weighted by Gasteiger charge is -2.55. The Morgan fingerprint density at radius 2 is 1.71 bits per heavy atom. The van der Waals surface area contributed by atoms with Crippen LogP contribution in [0.25, 0.3) is 5.57 Å². The number of rotatable bonds is 2. The van der Waals surface area contributed by atoms with Crippen LogP contribution in [0.2, 0.25) is 0 Å². The smallest absolute Gasteiger partial charge is 0.394 e. The first-order valence-corrected chi connectivity index (χ1v) is 10.8. The van der Waals surface area contributed by atoms with E-state index < -0.39 is 17.5 Å². The van der Waals surface area contributed by atoms with Crippen LogP contribution in [-0.4, -0.2) is 46.5 Å². The number of carbonyl (C=O) groups is 3. The molecule has 1 saturated heterocycles. The molecule has 0 bridgehead atoms. The molecule has 6 heteroatoms. The van der Waals surface area contributed by atoms with E-state index in [4.69, 9.17) is 9.84 Å². The van der Waals surface area contributed by atoms with Gasteiger partial charge in [-0.05, 0) is 73.6 Å². The summed E-state index contributed by atoms with van der Waals surface area (Å²) in [6.45, 7) is 13.0. The van der Waals surface area contributed by atoms with Gasteiger partial charge in [0.05, 0.1) is 5.56 Å². The van der Waals surface area contributed by atoms with Crippen molar-refractivity contribution in [3.63, 3.8) is 0 Å². The van der Waals surface area contributed by atoms with E-state index in [-0.39, 0.29) is 16.8 Å². The SMILES string of the molecule is CC(C)(C)OC(=O)c1ccc(C2=CC[C@]3(C)CN(C(=O)C(=O)O)CC[C@H]3C2(C)C)cc1. The monoisotopic (exact) mass is 427 g/mol. The van der Waals surface area contributed by atoms with E-state index in [2.05, 4.69) is 26.8 Å². The highest BCUT2D eigenvalue weighted by Crippen LogP contribution is 2.57. The predicted octanol–water partition coefficient (Wildman–Crippen LogP) is 4.39. The highest BCUT2D eigenvalue weighted by molar-refractivity contribution is 6.31. The zero-order valence-electron chi connectivity index (χ0n) is 19.3. The zero-order chi connectivity index (χ0) is 23.2. The number of hydrogen-bond donors (Lipinski definition) is 1. The molecule has 1 amide bonds. The van der Waals surface area contributed by atoms with Crippen molar-refractivity contribution >= 4 is 23.4 Å². The van der Waals surface area contributed by atoms with Gasteiger partial charge in [-0.25, -0.2) is 9.59 Å². The Morgan fingerprint density at radius 1 is 1.10 bits per heavy atom. The average molecular weight is 428 g/mol. The molecule has 0 unspecified atom stereocenters. The lowest BCUT2D eigenvalue weighted by atomic mass is 9.53. The molecule has 0 spiro atoms. The molecule has 1 fully saturated rings. The Hall–Kier alpha value is -2.63. The Balaban J connectivity index is 1.84. The van der Waals surface area contributed by atoms with E-state index >= 15 is 0 Å². The first-order chi connectivity index (χ1) is 14.2. The maximum atomic E-state index is 12.3. The number of carbonyl (C=O) groups excluding carboxylic acids is 2. The highest BCUT2D eigenvalue weighted by atomic mass is 16.6. The topological polar surface area (TPSA) is 83.9 Å². The van der Waals surface area contributed by atoms with Crippen molar-refractivity contribution in [3.8, 4) is 0 Å². The third-order valence-electron chi connectivity index (χ3n) is 6.72. The summed E-state index contributed by atoms with van der Waals surface area (Å²) in [5.41, 5.74) is 1.96. The summed E-state index contributed by atoms with van der Waals surface area (Å²) in [5, 5.41) is 9.10. The lowest BCUT2D eigenvalue weighted by molar-refractivity contribution is -0.159. The number of esters is 1. The van der Waals surface area contributed by atoms with Crippen LogP contribution < -0.4 is 0 Å². The number of carboxylic acid groups (broad SMARTS) is 1. The molecule has 1 aliphatic carbocycles. The Kier molecular flexibility index (Phi) is 5.80. The summed E-state index contributed by atoms with van der Waals surface area (Å²) in [6.07, 6.45) is 3.75. The minimum absolute atomic E-state index is 0.154. The van der Waals surface area contributed by atoms with E-state index in [1.807, 2.05) is 45.0 Å². The number of hydrogen-bond acceptors (Lipinski definition) is 4. The number of ether oxygens (including phenoxy) is 1. The average Bonchev–Trinajstić information content (AvgIpc) is 2.65. The minimum atomic E-state index is -1.39. The molecule has 0 saturated carbocycles. The number of benzene rings is 1. The zero-order valence-corrected chi connectivity index (χ0v) is 19.3. The van der Waals surface area contributed by atoms with Crippen LogP contribution in [0, 0.1) is 16.7 Å². The summed E-state index contributed by atoms with van der Waals surface area (Å²) in [6, 6.07) is 7.56. The number of aliphatic carboxylic acids is 1. The molecule has 168 valence electrons. The summed E-state index contributed by atoms with van der Waals surface area (Å²) in [5.74, 6) is -2.23. The maximum Gasteiger partial charge on any atom is 0.394 e. The van der Waals surface area contributed by atoms with Gasteiger partial charge in [0.1, 0.15) is 5.60 Å². The number of carboxylic acids is 1. The quantitative estimate of drug-likeness (QED) is 0.559. The number of amides is 1. The van der Waals surface area contributed by atoms with E-state index in [1.165, 1.54) is 10.5 Å². The van der Waals surface area contributed by atoms with E-state index in [1.54, 1.807) is 0 Å². The van der Waals surface area contributed by atoms with Crippen molar-refractivity contribution in [1.29, 1.82) is 0 Å². The fourth-order valence-electron chi connectivity index (χ4n) is 5.40. The van der Waals surface area contributed by atoms with Crippen LogP contribution in [0.3, 0.4) is 0 Å². The Labute approximate surface area is 184 Å². The second kappa shape index (κ2) is 7.81. The lowest BCUT2D eigenvalue weighted by Crippen LogP contribution is -2.55. The number of piperidine rings is 1. The van der Waals surface area contributed by atoms with Gasteiger partial charge >= 0.3 is 17.8 Å². The predicted molar refractivity (Wildman–Crippen MR) is 118 cm³/mol. The van der Waals surface area contributed by atoms with Gasteiger partial charge in [0, 0.05) is 13.1 Å². The Bertz CT molecular complexity index is 922. The van der Waals surface area contributed by atoms with Crippen molar-refractivity contribution in [2.75, 3.05) is 13.1 Å². The van der Waals surface area contributed by atoms with Gasteiger partial charge in [0.2, 0.25) is 0 Å². The molecular weight excluding hydrogens is 394 g/mol. The van der Waals surface area contributed by atoms with Gasteiger partial charge < -0.3 is 14.7 Å². The molecule has 1 aromatic rings. The molecule has 1 aromatic carbocycles. The number of fused-ring (bicyclic) bond motifs is 1. The maximum absolute atomic E-state index is 12.3. The second-order valence-corrected chi connectivity index (χ2v) is 10.7. The van der Waals surface area contributed by atoms with Crippen molar-refractivity contribution in [2.45, 2.75) is 60.0 Å². The van der Waals surface area contributed by atoms with Crippen LogP contribution >= 0.6 is 0 Å². The summed E-state index contributed by atoms with van der Waals surface area (Å²) < 4.78 is 5.45. The van der Waals surface area contributed by atoms with E-state index in [0.717, 1.165) is 18.4 Å². The normalized spacial score (nSPS) is 25.3. The fourth-order valence-corrected chi connectivity index (χ4v) is 5.40. The second-order valence-electron chi connectivity index (χ2n) is 10.7. The fraction of sp³-hybridized carbons (Fsp3) is 0.560. The number of nitrogens with zero attached hydrogens (tertiary/aromatic N) is 1. The van der Waals surface area contributed by atoms with Crippen molar-refractivity contribution in [2.24, 2.45) is 16.7 Å². The first kappa shape index (κ1) is 23.0. The molecule has 2 aliphatic rings. The first-order valence-electron chi connectivity index (χ1n) is 10.8. The van der Waals surface area contributed by atoms with Gasteiger partial charge in [-0.15, -0.1) is 0 Å². The largest absolute Gasteiger partial charge is 0.474 e. The molecule has 31 heavy (non-hydrogen) atoms. The summed E-state index contributed by atoms with van der Waals surface area (Å²) in [4.78, 5) is 37.0. The van der Waals surface area contributed by atoms with Crippen LogP contribution in [0.1, 0.15) is 70.3 Å². The van der Waals surface area contributed by atoms with Gasteiger partial charge in [0.25, 0.3) is 0 Å². The Morgan fingerprint density at radius 3 is 2.26 bits per heavy atom. The third-order valence-corrected chi connectivity index (χ3v) is 6.72. The van der Waals surface area contributed by atoms with Crippen molar-refractivity contribution in [3.05, 3.63) is 41.5 Å². The van der Waals surface area contributed by atoms with E-state index in [9.17, 15) is 14.4 Å². The van der Waals surface area contributed by atoms with E-state index in [0.29, 0.717) is 24.6 Å². The van der Waals surface area contributed by atoms with Crippen molar-refractivity contribution < 1.29 is 24.2 Å². The molecule has 3 rings (SSSR count). The van der Waals surface area contributed by atoms with Crippen LogP contribution in [-0.2, 0) is 14.3 Å². The molecule has 0 aromatic heterocycles. The molecular formula is C25H33NO5. The molecule has 1 N–H and O–H groups in total. The van der Waals surface area contributed by atoms with Crippen LogP contribution in [0.4, 0.5) is 0 Å². The van der Waals surface area contributed by atoms with Gasteiger partial charge in [-0.3, -0.25) is 4.79 Å². The molecule has 2 atom stereocenters. The van der Waals surface area contributed by atoms with Gasteiger partial charge in [-0.1, -0.05) is 39.0 Å². The molecule has 1 heterocycles.